The topological polar surface area (TPSA) is 154 Å². The predicted molar refractivity (Wildman–Crippen MR) is 123 cm³/mol. The highest BCUT2D eigenvalue weighted by atomic mass is 32.2. The molecule has 12 heteroatoms. The van der Waals surface area contributed by atoms with Crippen LogP contribution in [0.25, 0.3) is 0 Å². The Morgan fingerprint density at radius 3 is 2.29 bits per heavy atom. The second-order valence-electron chi connectivity index (χ2n) is 8.08. The predicted octanol–water partition coefficient (Wildman–Crippen LogP) is 2.48. The third-order valence-electron chi connectivity index (χ3n) is 4.96. The number of rotatable bonds is 11. The van der Waals surface area contributed by atoms with E-state index in [1.54, 1.807) is 0 Å². The van der Waals surface area contributed by atoms with E-state index in [0.717, 1.165) is 12.0 Å². The van der Waals surface area contributed by atoms with E-state index in [4.69, 9.17) is 0 Å². The lowest BCUT2D eigenvalue weighted by Crippen LogP contribution is -2.45. The number of methoxy groups -OCH3 is 1. The molecular formula is C22H33N3O8S. The largest absolute Gasteiger partial charge is 0.508 e. The molecule has 0 aliphatic carbocycles. The number of aromatic hydroxyl groups is 1. The number of nitrogens with zero attached hydrogens (tertiary/aromatic N) is 2. The highest BCUT2D eigenvalue weighted by Gasteiger charge is 2.30. The lowest BCUT2D eigenvalue weighted by molar-refractivity contribution is -0.157. The van der Waals surface area contributed by atoms with Gasteiger partial charge in [-0.25, -0.2) is 9.59 Å². The summed E-state index contributed by atoms with van der Waals surface area (Å²) in [5, 5.41) is 21.8. The van der Waals surface area contributed by atoms with Crippen molar-refractivity contribution in [3.8, 4) is 5.75 Å². The first-order valence-corrected chi connectivity index (χ1v) is 12.1. The van der Waals surface area contributed by atoms with Gasteiger partial charge in [-0.1, -0.05) is 20.3 Å². The summed E-state index contributed by atoms with van der Waals surface area (Å²) in [5.41, 5.74) is 0. The maximum atomic E-state index is 12.8. The summed E-state index contributed by atoms with van der Waals surface area (Å²) in [6.07, 6.45) is 0.232. The molecule has 34 heavy (non-hydrogen) atoms. The van der Waals surface area contributed by atoms with Gasteiger partial charge in [-0.05, 0) is 43.0 Å². The molecule has 11 nitrogen and oxygen atoms in total. The van der Waals surface area contributed by atoms with Gasteiger partial charge in [0.25, 0.3) is 5.91 Å². The van der Waals surface area contributed by atoms with Crippen molar-refractivity contribution in [2.75, 3.05) is 26.5 Å². The molecule has 0 saturated heterocycles. The molecule has 5 amide bonds. The van der Waals surface area contributed by atoms with Crippen LogP contribution in [0.2, 0.25) is 0 Å². The van der Waals surface area contributed by atoms with Crippen molar-refractivity contribution in [1.29, 1.82) is 0 Å². The second kappa shape index (κ2) is 14.3. The molecule has 1 aromatic carbocycles. The van der Waals surface area contributed by atoms with E-state index < -0.39 is 40.7 Å². The zero-order valence-corrected chi connectivity index (χ0v) is 20.7. The average Bonchev–Trinajstić information content (AvgIpc) is 2.82. The number of carbonyl (C=O) groups is 4. The van der Waals surface area contributed by atoms with E-state index in [0.29, 0.717) is 17.7 Å². The molecule has 0 radical (unpaired) electrons. The number of imide groups is 2. The second-order valence-corrected chi connectivity index (χ2v) is 9.58. The Labute approximate surface area is 201 Å². The van der Waals surface area contributed by atoms with E-state index in [9.17, 15) is 33.7 Å². The summed E-state index contributed by atoms with van der Waals surface area (Å²) in [5.74, 6) is -2.10. The molecule has 0 aliphatic rings. The van der Waals surface area contributed by atoms with Crippen LogP contribution in [-0.2, 0) is 25.1 Å². The number of hydrogen-bond acceptors (Lipinski definition) is 8. The number of carbonyl (C=O) groups excluding carboxylic acids is 4. The molecule has 2 atom stereocenters. The van der Waals surface area contributed by atoms with Crippen LogP contribution in [0.3, 0.4) is 0 Å². The van der Waals surface area contributed by atoms with E-state index in [2.05, 4.69) is 10.1 Å². The van der Waals surface area contributed by atoms with Gasteiger partial charge in [-0.2, -0.15) is 0 Å². The Kier molecular flexibility index (Phi) is 12.2. The van der Waals surface area contributed by atoms with Gasteiger partial charge in [0.15, 0.2) is 0 Å². The standard InChI is InChI=1S/C22H33N3O8S/c1-15(2)7-8-16(14-34(32)18-11-9-17(26)10-12-18)20(28)25(31)21(29)23-13-5-6-19(27)24(3)22(30)33-4/h9-12,15-16,26,31H,5-8,13-14H2,1-4H3,(H,23,29)/t16-,34?/m1/s1. The Morgan fingerprint density at radius 1 is 1.12 bits per heavy atom. The van der Waals surface area contributed by atoms with E-state index >= 15 is 0 Å². The first-order chi connectivity index (χ1) is 16.0. The van der Waals surface area contributed by atoms with Crippen molar-refractivity contribution in [2.45, 2.75) is 44.4 Å². The van der Waals surface area contributed by atoms with Gasteiger partial charge in [0.1, 0.15) is 5.75 Å². The smallest absolute Gasteiger partial charge is 0.415 e. The highest BCUT2D eigenvalue weighted by Crippen LogP contribution is 2.20. The van der Waals surface area contributed by atoms with Gasteiger partial charge in [-0.3, -0.25) is 23.9 Å². The fourth-order valence-corrected chi connectivity index (χ4v) is 4.19. The van der Waals surface area contributed by atoms with Gasteiger partial charge >= 0.3 is 12.1 Å². The highest BCUT2D eigenvalue weighted by molar-refractivity contribution is 7.85. The minimum absolute atomic E-state index is 0.0185. The van der Waals surface area contributed by atoms with Gasteiger partial charge in [0.05, 0.1) is 23.8 Å². The monoisotopic (exact) mass is 499 g/mol. The van der Waals surface area contributed by atoms with Crippen molar-refractivity contribution in [1.82, 2.24) is 15.3 Å². The summed E-state index contributed by atoms with van der Waals surface area (Å²) in [6.45, 7) is 3.89. The number of nitrogens with one attached hydrogen (secondary N) is 1. The van der Waals surface area contributed by atoms with Crippen LogP contribution in [0.5, 0.6) is 5.75 Å². The van der Waals surface area contributed by atoms with Crippen LogP contribution in [-0.4, -0.2) is 74.9 Å². The number of ether oxygens (including phenoxy) is 1. The molecule has 0 saturated carbocycles. The normalized spacial score (nSPS) is 12.5. The molecule has 0 fully saturated rings. The van der Waals surface area contributed by atoms with E-state index in [-0.39, 0.29) is 41.9 Å². The molecular weight excluding hydrogens is 466 g/mol. The Bertz CT molecular complexity index is 875. The maximum Gasteiger partial charge on any atom is 0.415 e. The molecule has 0 aromatic heterocycles. The van der Waals surface area contributed by atoms with Gasteiger partial charge < -0.3 is 15.2 Å². The fourth-order valence-electron chi connectivity index (χ4n) is 2.88. The Balaban J connectivity index is 2.68. The summed E-state index contributed by atoms with van der Waals surface area (Å²) < 4.78 is 17.2. The number of urea groups is 1. The number of hydroxylamine groups is 2. The molecule has 0 aliphatic heterocycles. The van der Waals surface area contributed by atoms with Crippen LogP contribution in [0.4, 0.5) is 9.59 Å². The average molecular weight is 500 g/mol. The van der Waals surface area contributed by atoms with Crippen LogP contribution in [0.1, 0.15) is 39.5 Å². The van der Waals surface area contributed by atoms with Crippen molar-refractivity contribution in [2.24, 2.45) is 11.8 Å². The molecule has 3 N–H and O–H groups in total. The zero-order valence-electron chi connectivity index (χ0n) is 19.9. The van der Waals surface area contributed by atoms with E-state index in [1.165, 1.54) is 31.3 Å². The quantitative estimate of drug-likeness (QED) is 0.238. The number of benzene rings is 1. The summed E-state index contributed by atoms with van der Waals surface area (Å²) in [6, 6.07) is 4.67. The Morgan fingerprint density at radius 2 is 1.74 bits per heavy atom. The van der Waals surface area contributed by atoms with Gasteiger partial charge in [-0.15, -0.1) is 5.06 Å². The molecule has 0 heterocycles. The molecule has 1 unspecified atom stereocenters. The number of amides is 5. The Hall–Kier alpha value is -2.99. The van der Waals surface area contributed by atoms with Crippen molar-refractivity contribution >= 4 is 34.7 Å². The third kappa shape index (κ3) is 9.48. The summed E-state index contributed by atoms with van der Waals surface area (Å²) in [7, 11) is 0.821. The fraction of sp³-hybridized carbons (Fsp3) is 0.545. The van der Waals surface area contributed by atoms with Gasteiger partial charge in [0, 0.05) is 30.7 Å². The minimum Gasteiger partial charge on any atom is -0.508 e. The first kappa shape index (κ1) is 29.0. The van der Waals surface area contributed by atoms with Crippen LogP contribution in [0.15, 0.2) is 29.2 Å². The molecule has 1 rings (SSSR count). The van der Waals surface area contributed by atoms with Crippen LogP contribution >= 0.6 is 0 Å². The van der Waals surface area contributed by atoms with Gasteiger partial charge in [0.2, 0.25) is 5.91 Å². The summed E-state index contributed by atoms with van der Waals surface area (Å²) in [4.78, 5) is 49.4. The lowest BCUT2D eigenvalue weighted by atomic mass is 9.98. The van der Waals surface area contributed by atoms with Crippen LogP contribution < -0.4 is 5.32 Å². The lowest BCUT2D eigenvalue weighted by Gasteiger charge is -2.21. The number of hydrogen-bond donors (Lipinski definition) is 3. The molecule has 0 bridgehead atoms. The zero-order chi connectivity index (χ0) is 25.8. The van der Waals surface area contributed by atoms with Crippen molar-refractivity contribution < 1.29 is 38.4 Å². The third-order valence-corrected chi connectivity index (χ3v) is 6.46. The van der Waals surface area contributed by atoms with E-state index in [1.807, 2.05) is 13.8 Å². The molecule has 190 valence electrons. The van der Waals surface area contributed by atoms with Crippen molar-refractivity contribution in [3.63, 3.8) is 0 Å². The molecule has 0 spiro atoms. The minimum atomic E-state index is -1.59. The summed E-state index contributed by atoms with van der Waals surface area (Å²) >= 11 is 0. The number of phenolic OH excluding ortho intramolecular Hbond substituents is 1. The van der Waals surface area contributed by atoms with Crippen molar-refractivity contribution in [3.05, 3.63) is 24.3 Å². The van der Waals surface area contributed by atoms with Crippen LogP contribution in [0, 0.1) is 11.8 Å². The molecule has 1 aromatic rings. The SMILES string of the molecule is COC(=O)N(C)C(=O)CCCNC(=O)N(O)C(=O)[C@H](CCC(C)C)CS(=O)c1ccc(O)cc1. The maximum absolute atomic E-state index is 12.8. The first-order valence-electron chi connectivity index (χ1n) is 10.8. The number of phenols is 1.